The second-order valence-corrected chi connectivity index (χ2v) is 5.70. The van der Waals surface area contributed by atoms with Crippen LogP contribution in [-0.4, -0.2) is 16.4 Å². The number of nitrogens with two attached hydrogens (primary N) is 1. The van der Waals surface area contributed by atoms with E-state index in [-0.39, 0.29) is 18.3 Å². The van der Waals surface area contributed by atoms with Gasteiger partial charge >= 0.3 is 0 Å². The Morgan fingerprint density at radius 2 is 2.11 bits per heavy atom. The summed E-state index contributed by atoms with van der Waals surface area (Å²) in [5.41, 5.74) is 6.89. The van der Waals surface area contributed by atoms with Crippen molar-refractivity contribution in [3.63, 3.8) is 0 Å². The minimum Gasteiger partial charge on any atom is -0.318 e. The van der Waals surface area contributed by atoms with E-state index in [0.717, 1.165) is 10.2 Å². The standard InChI is InChI=1S/C12H15N3OS.ClH/c1-7-4-5-8-9(6-7)17-11(14-8)15-10(16)12(2,3)13;/h4-6H,13H2,1-3H3,(H,14,15,16);1H. The molecule has 2 rings (SSSR count). The monoisotopic (exact) mass is 285 g/mol. The fourth-order valence-corrected chi connectivity index (χ4v) is 2.30. The van der Waals surface area contributed by atoms with Gasteiger partial charge in [0.2, 0.25) is 5.91 Å². The summed E-state index contributed by atoms with van der Waals surface area (Å²) in [6, 6.07) is 6.00. The van der Waals surface area contributed by atoms with Gasteiger partial charge in [0.15, 0.2) is 5.13 Å². The van der Waals surface area contributed by atoms with E-state index in [1.165, 1.54) is 16.9 Å². The highest BCUT2D eigenvalue weighted by molar-refractivity contribution is 7.22. The van der Waals surface area contributed by atoms with Crippen LogP contribution in [0.5, 0.6) is 0 Å². The summed E-state index contributed by atoms with van der Waals surface area (Å²) in [4.78, 5) is 16.0. The summed E-state index contributed by atoms with van der Waals surface area (Å²) < 4.78 is 1.06. The lowest BCUT2D eigenvalue weighted by atomic mass is 10.1. The molecule has 0 saturated carbocycles. The molecule has 0 aliphatic rings. The zero-order valence-electron chi connectivity index (χ0n) is 10.5. The fourth-order valence-electron chi connectivity index (χ4n) is 1.34. The lowest BCUT2D eigenvalue weighted by Gasteiger charge is -2.15. The maximum atomic E-state index is 11.7. The molecule has 2 aromatic rings. The van der Waals surface area contributed by atoms with E-state index < -0.39 is 5.54 Å². The number of hydrogen-bond acceptors (Lipinski definition) is 4. The van der Waals surface area contributed by atoms with Crippen LogP contribution < -0.4 is 11.1 Å². The lowest BCUT2D eigenvalue weighted by molar-refractivity contribution is -0.120. The summed E-state index contributed by atoms with van der Waals surface area (Å²) in [5, 5.41) is 3.33. The third kappa shape index (κ3) is 3.19. The Balaban J connectivity index is 0.00000162. The van der Waals surface area contributed by atoms with Crippen LogP contribution in [0.2, 0.25) is 0 Å². The van der Waals surface area contributed by atoms with Gasteiger partial charge in [-0.25, -0.2) is 4.98 Å². The van der Waals surface area contributed by atoms with Gasteiger partial charge in [0.05, 0.1) is 15.8 Å². The number of nitrogens with one attached hydrogen (secondary N) is 1. The number of benzene rings is 1. The van der Waals surface area contributed by atoms with Crippen LogP contribution in [0.15, 0.2) is 18.2 Å². The number of rotatable bonds is 2. The Morgan fingerprint density at radius 3 is 2.72 bits per heavy atom. The number of aryl methyl sites for hydroxylation is 1. The first-order valence-electron chi connectivity index (χ1n) is 5.34. The quantitative estimate of drug-likeness (QED) is 0.891. The maximum absolute atomic E-state index is 11.7. The average molecular weight is 286 g/mol. The number of anilines is 1. The third-order valence-electron chi connectivity index (χ3n) is 2.35. The van der Waals surface area contributed by atoms with Crippen molar-refractivity contribution in [2.45, 2.75) is 26.3 Å². The average Bonchev–Trinajstić information content (AvgIpc) is 2.57. The van der Waals surface area contributed by atoms with Crippen molar-refractivity contribution in [2.24, 2.45) is 5.73 Å². The van der Waals surface area contributed by atoms with Crippen molar-refractivity contribution in [3.8, 4) is 0 Å². The van der Waals surface area contributed by atoms with E-state index in [4.69, 9.17) is 5.73 Å². The van der Waals surface area contributed by atoms with E-state index in [9.17, 15) is 4.79 Å². The number of fused-ring (bicyclic) bond motifs is 1. The number of nitrogens with zero attached hydrogens (tertiary/aromatic N) is 1. The molecule has 6 heteroatoms. The SMILES string of the molecule is Cc1ccc2nc(NC(=O)C(C)(C)N)sc2c1.Cl. The van der Waals surface area contributed by atoms with Gasteiger partial charge in [0, 0.05) is 0 Å². The number of hydrogen-bond donors (Lipinski definition) is 2. The van der Waals surface area contributed by atoms with Crippen LogP contribution in [-0.2, 0) is 4.79 Å². The van der Waals surface area contributed by atoms with Crippen LogP contribution in [0.1, 0.15) is 19.4 Å². The number of halogens is 1. The number of amides is 1. The minimum atomic E-state index is -0.895. The molecule has 3 N–H and O–H groups in total. The highest BCUT2D eigenvalue weighted by Crippen LogP contribution is 2.26. The summed E-state index contributed by atoms with van der Waals surface area (Å²) in [7, 11) is 0. The zero-order chi connectivity index (χ0) is 12.6. The molecular weight excluding hydrogens is 270 g/mol. The maximum Gasteiger partial charge on any atom is 0.245 e. The van der Waals surface area contributed by atoms with Gasteiger partial charge in [-0.3, -0.25) is 4.79 Å². The van der Waals surface area contributed by atoms with Crippen molar-refractivity contribution < 1.29 is 4.79 Å². The smallest absolute Gasteiger partial charge is 0.245 e. The molecule has 0 atom stereocenters. The van der Waals surface area contributed by atoms with Crippen molar-refractivity contribution in [1.82, 2.24) is 4.98 Å². The Hall–Kier alpha value is -1.17. The van der Waals surface area contributed by atoms with E-state index in [2.05, 4.69) is 16.4 Å². The van der Waals surface area contributed by atoms with Crippen molar-refractivity contribution in [3.05, 3.63) is 23.8 Å². The van der Waals surface area contributed by atoms with Crippen molar-refractivity contribution in [1.29, 1.82) is 0 Å². The van der Waals surface area contributed by atoms with Crippen molar-refractivity contribution in [2.75, 3.05) is 5.32 Å². The van der Waals surface area contributed by atoms with Gasteiger partial charge in [0.1, 0.15) is 0 Å². The Labute approximate surface area is 116 Å². The van der Waals surface area contributed by atoms with Gasteiger partial charge in [-0.05, 0) is 38.5 Å². The number of carbonyl (C=O) groups excluding carboxylic acids is 1. The molecule has 0 fully saturated rings. The Morgan fingerprint density at radius 1 is 1.44 bits per heavy atom. The molecule has 0 radical (unpaired) electrons. The molecule has 1 amide bonds. The highest BCUT2D eigenvalue weighted by Gasteiger charge is 2.22. The van der Waals surface area contributed by atoms with E-state index in [1.807, 2.05) is 19.1 Å². The van der Waals surface area contributed by atoms with Gasteiger partial charge in [-0.2, -0.15) is 0 Å². The second kappa shape index (κ2) is 5.22. The predicted molar refractivity (Wildman–Crippen MR) is 78.5 cm³/mol. The van der Waals surface area contributed by atoms with Gasteiger partial charge in [0.25, 0.3) is 0 Å². The van der Waals surface area contributed by atoms with Crippen LogP contribution >= 0.6 is 23.7 Å². The number of aromatic nitrogens is 1. The van der Waals surface area contributed by atoms with Crippen LogP contribution in [0.4, 0.5) is 5.13 Å². The summed E-state index contributed by atoms with van der Waals surface area (Å²) in [5.74, 6) is -0.228. The molecule has 0 aliphatic carbocycles. The van der Waals surface area contributed by atoms with Crippen molar-refractivity contribution >= 4 is 45.0 Å². The largest absolute Gasteiger partial charge is 0.318 e. The molecular formula is C12H16ClN3OS. The number of carbonyl (C=O) groups is 1. The normalized spacial score (nSPS) is 11.1. The molecule has 18 heavy (non-hydrogen) atoms. The lowest BCUT2D eigenvalue weighted by Crippen LogP contribution is -2.45. The Kier molecular flexibility index (Phi) is 4.32. The summed E-state index contributed by atoms with van der Waals surface area (Å²) in [6.45, 7) is 5.36. The van der Waals surface area contributed by atoms with E-state index in [0.29, 0.717) is 5.13 Å². The molecule has 4 nitrogen and oxygen atoms in total. The molecule has 1 heterocycles. The molecule has 98 valence electrons. The number of thiazole rings is 1. The highest BCUT2D eigenvalue weighted by atomic mass is 35.5. The molecule has 0 aliphatic heterocycles. The Bertz CT molecular complexity index is 574. The molecule has 1 aromatic heterocycles. The molecule has 1 aromatic carbocycles. The minimum absolute atomic E-state index is 0. The first kappa shape index (κ1) is 14.9. The topological polar surface area (TPSA) is 68.0 Å². The van der Waals surface area contributed by atoms with Gasteiger partial charge in [-0.1, -0.05) is 17.4 Å². The first-order valence-corrected chi connectivity index (χ1v) is 6.15. The second-order valence-electron chi connectivity index (χ2n) is 4.67. The summed E-state index contributed by atoms with van der Waals surface area (Å²) >= 11 is 1.46. The molecule has 0 bridgehead atoms. The predicted octanol–water partition coefficient (Wildman–Crippen LogP) is 2.70. The van der Waals surface area contributed by atoms with Crippen LogP contribution in [0.3, 0.4) is 0 Å². The van der Waals surface area contributed by atoms with Crippen LogP contribution in [0, 0.1) is 6.92 Å². The van der Waals surface area contributed by atoms with E-state index in [1.54, 1.807) is 13.8 Å². The van der Waals surface area contributed by atoms with Gasteiger partial charge < -0.3 is 11.1 Å². The van der Waals surface area contributed by atoms with E-state index >= 15 is 0 Å². The molecule has 0 unspecified atom stereocenters. The fraction of sp³-hybridized carbons (Fsp3) is 0.333. The molecule has 0 spiro atoms. The summed E-state index contributed by atoms with van der Waals surface area (Å²) in [6.07, 6.45) is 0. The van der Waals surface area contributed by atoms with Gasteiger partial charge in [-0.15, -0.1) is 12.4 Å². The third-order valence-corrected chi connectivity index (χ3v) is 3.28. The zero-order valence-corrected chi connectivity index (χ0v) is 12.1. The molecule has 0 saturated heterocycles. The first-order chi connectivity index (χ1) is 7.86. The van der Waals surface area contributed by atoms with Crippen LogP contribution in [0.25, 0.3) is 10.2 Å².